The molecule has 0 aliphatic carbocycles. The Morgan fingerprint density at radius 3 is 2.67 bits per heavy atom. The lowest BCUT2D eigenvalue weighted by molar-refractivity contribution is -0.120. The topological polar surface area (TPSA) is 104 Å². The Kier molecular flexibility index (Phi) is 6.44. The number of aromatic hydroxyl groups is 1. The molecule has 0 unspecified atom stereocenters. The van der Waals surface area contributed by atoms with Crippen LogP contribution in [-0.4, -0.2) is 34.7 Å². The molecule has 24 heavy (non-hydrogen) atoms. The molecule has 3 N–H and O–H groups in total. The van der Waals surface area contributed by atoms with Crippen molar-refractivity contribution >= 4 is 49.9 Å². The number of nitrogens with zero attached hydrogens (tertiary/aromatic N) is 2. The quantitative estimate of drug-likeness (QED) is 0.474. The average Bonchev–Trinajstić information content (AvgIpc) is 2.57. The van der Waals surface area contributed by atoms with Crippen LogP contribution in [0.3, 0.4) is 0 Å². The summed E-state index contributed by atoms with van der Waals surface area (Å²) in [7, 11) is 0. The van der Waals surface area contributed by atoms with Gasteiger partial charge in [0, 0.05) is 28.0 Å². The number of hydrazone groups is 1. The van der Waals surface area contributed by atoms with Gasteiger partial charge in [0.1, 0.15) is 5.75 Å². The number of pyridine rings is 1. The third-order valence-corrected chi connectivity index (χ3v) is 3.86. The van der Waals surface area contributed by atoms with E-state index in [1.54, 1.807) is 24.3 Å². The van der Waals surface area contributed by atoms with Crippen molar-refractivity contribution in [2.24, 2.45) is 5.10 Å². The van der Waals surface area contributed by atoms with Gasteiger partial charge in [0.2, 0.25) is 0 Å². The number of carbonyl (C=O) groups excluding carboxylic acids is 2. The lowest BCUT2D eigenvalue weighted by Gasteiger charge is -2.04. The number of phenols is 1. The number of rotatable bonds is 5. The summed E-state index contributed by atoms with van der Waals surface area (Å²) in [4.78, 5) is 27.2. The highest BCUT2D eigenvalue weighted by molar-refractivity contribution is 9.11. The Hall–Kier alpha value is -2.26. The zero-order valence-corrected chi connectivity index (χ0v) is 15.3. The molecule has 0 radical (unpaired) electrons. The van der Waals surface area contributed by atoms with Crippen LogP contribution in [0.1, 0.15) is 15.9 Å². The summed E-state index contributed by atoms with van der Waals surface area (Å²) < 4.78 is 1.24. The van der Waals surface area contributed by atoms with Crippen molar-refractivity contribution in [1.82, 2.24) is 15.7 Å². The van der Waals surface area contributed by atoms with Crippen LogP contribution < -0.4 is 10.7 Å². The monoisotopic (exact) mass is 454 g/mol. The summed E-state index contributed by atoms with van der Waals surface area (Å²) >= 11 is 6.49. The molecule has 1 aromatic heterocycles. The van der Waals surface area contributed by atoms with Gasteiger partial charge in [-0.15, -0.1) is 0 Å². The van der Waals surface area contributed by atoms with E-state index in [4.69, 9.17) is 0 Å². The Balaban J connectivity index is 1.86. The molecule has 1 heterocycles. The van der Waals surface area contributed by atoms with Crippen molar-refractivity contribution in [2.75, 3.05) is 6.54 Å². The lowest BCUT2D eigenvalue weighted by atomic mass is 10.2. The number of aromatic nitrogens is 1. The minimum Gasteiger partial charge on any atom is -0.506 e. The Labute approximate surface area is 154 Å². The molecule has 7 nitrogen and oxygen atoms in total. The molecular formula is C15H12Br2N4O3. The van der Waals surface area contributed by atoms with E-state index in [-0.39, 0.29) is 18.2 Å². The largest absolute Gasteiger partial charge is 0.506 e. The summed E-state index contributed by atoms with van der Waals surface area (Å²) in [6, 6.07) is 6.40. The molecule has 0 saturated heterocycles. The van der Waals surface area contributed by atoms with Crippen molar-refractivity contribution < 1.29 is 14.7 Å². The predicted molar refractivity (Wildman–Crippen MR) is 95.8 cm³/mol. The molecule has 0 spiro atoms. The van der Waals surface area contributed by atoms with Gasteiger partial charge < -0.3 is 10.4 Å². The Morgan fingerprint density at radius 1 is 1.25 bits per heavy atom. The van der Waals surface area contributed by atoms with Gasteiger partial charge in [-0.2, -0.15) is 5.10 Å². The minimum absolute atomic E-state index is 0.00203. The van der Waals surface area contributed by atoms with Gasteiger partial charge in [-0.1, -0.05) is 15.9 Å². The van der Waals surface area contributed by atoms with Crippen LogP contribution in [0.15, 0.2) is 50.7 Å². The maximum Gasteiger partial charge on any atom is 0.259 e. The van der Waals surface area contributed by atoms with E-state index in [1.807, 2.05) is 0 Å². The summed E-state index contributed by atoms with van der Waals surface area (Å²) in [5, 5.41) is 16.1. The Morgan fingerprint density at radius 2 is 1.96 bits per heavy atom. The van der Waals surface area contributed by atoms with Crippen LogP contribution >= 0.6 is 31.9 Å². The minimum atomic E-state index is -0.498. The maximum atomic E-state index is 11.8. The third-order valence-electron chi connectivity index (χ3n) is 2.80. The molecule has 2 aromatic rings. The van der Waals surface area contributed by atoms with Gasteiger partial charge >= 0.3 is 0 Å². The van der Waals surface area contributed by atoms with Crippen molar-refractivity contribution in [3.8, 4) is 5.75 Å². The van der Waals surface area contributed by atoms with Crippen LogP contribution in [0.25, 0.3) is 0 Å². The van der Waals surface area contributed by atoms with E-state index in [2.05, 4.69) is 52.7 Å². The second kappa shape index (κ2) is 8.55. The molecule has 0 atom stereocenters. The van der Waals surface area contributed by atoms with E-state index in [1.165, 1.54) is 18.6 Å². The third kappa shape index (κ3) is 5.14. The van der Waals surface area contributed by atoms with Gasteiger partial charge in [-0.05, 0) is 40.2 Å². The molecule has 9 heteroatoms. The number of hydrogen-bond acceptors (Lipinski definition) is 5. The van der Waals surface area contributed by atoms with Crippen LogP contribution in [0.4, 0.5) is 0 Å². The van der Waals surface area contributed by atoms with E-state index in [9.17, 15) is 14.7 Å². The van der Waals surface area contributed by atoms with Gasteiger partial charge in [0.05, 0.1) is 17.2 Å². The van der Waals surface area contributed by atoms with E-state index in [0.29, 0.717) is 15.6 Å². The fourth-order valence-corrected chi connectivity index (χ4v) is 2.92. The van der Waals surface area contributed by atoms with Crippen LogP contribution in [0.5, 0.6) is 5.75 Å². The predicted octanol–water partition coefficient (Wildman–Crippen LogP) is 2.19. The maximum absolute atomic E-state index is 11.8. The number of nitrogens with one attached hydrogen (secondary N) is 2. The fraction of sp³-hybridized carbons (Fsp3) is 0.0667. The molecule has 0 saturated carbocycles. The zero-order valence-electron chi connectivity index (χ0n) is 12.2. The lowest BCUT2D eigenvalue weighted by Crippen LogP contribution is -2.34. The molecule has 0 bridgehead atoms. The number of halogens is 2. The molecule has 0 aliphatic heterocycles. The number of phenolic OH excluding ortho intramolecular Hbond substituents is 1. The van der Waals surface area contributed by atoms with Gasteiger partial charge in [-0.3, -0.25) is 14.6 Å². The van der Waals surface area contributed by atoms with Gasteiger partial charge in [0.25, 0.3) is 11.8 Å². The van der Waals surface area contributed by atoms with E-state index >= 15 is 0 Å². The summed E-state index contributed by atoms with van der Waals surface area (Å²) in [5.74, 6) is -0.880. The van der Waals surface area contributed by atoms with Crippen LogP contribution in [0, 0.1) is 0 Å². The second-order valence-corrected chi connectivity index (χ2v) is 6.31. The number of hydrogen-bond donors (Lipinski definition) is 3. The molecule has 0 fully saturated rings. The van der Waals surface area contributed by atoms with Gasteiger partial charge in [-0.25, -0.2) is 5.43 Å². The first kappa shape index (κ1) is 18.1. The van der Waals surface area contributed by atoms with Crippen molar-refractivity contribution in [2.45, 2.75) is 0 Å². The molecule has 124 valence electrons. The SMILES string of the molecule is O=C(CNC(=O)c1ccncc1)NN=Cc1cc(Br)cc(Br)c1O. The summed E-state index contributed by atoms with van der Waals surface area (Å²) in [5.41, 5.74) is 3.09. The van der Waals surface area contributed by atoms with Crippen LogP contribution in [0.2, 0.25) is 0 Å². The molecule has 0 aliphatic rings. The first-order chi connectivity index (χ1) is 11.5. The molecule has 1 aromatic carbocycles. The second-order valence-electron chi connectivity index (χ2n) is 4.54. The average molecular weight is 456 g/mol. The van der Waals surface area contributed by atoms with Gasteiger partial charge in [0.15, 0.2) is 0 Å². The first-order valence-corrected chi connectivity index (χ1v) is 8.24. The smallest absolute Gasteiger partial charge is 0.259 e. The number of benzene rings is 1. The van der Waals surface area contributed by atoms with Crippen molar-refractivity contribution in [3.63, 3.8) is 0 Å². The van der Waals surface area contributed by atoms with E-state index in [0.717, 1.165) is 4.47 Å². The Bertz CT molecular complexity index is 782. The molecule has 2 amide bonds. The zero-order chi connectivity index (χ0) is 17.5. The van der Waals surface area contributed by atoms with E-state index < -0.39 is 5.91 Å². The fourth-order valence-electron chi connectivity index (χ4n) is 1.66. The number of carbonyl (C=O) groups is 2. The summed E-state index contributed by atoms with van der Waals surface area (Å²) in [6.45, 7) is -0.230. The normalized spacial score (nSPS) is 10.6. The molecular weight excluding hydrogens is 444 g/mol. The highest BCUT2D eigenvalue weighted by Gasteiger charge is 2.08. The molecule has 2 rings (SSSR count). The summed E-state index contributed by atoms with van der Waals surface area (Å²) in [6.07, 6.45) is 4.27. The van der Waals surface area contributed by atoms with Crippen LogP contribution in [-0.2, 0) is 4.79 Å². The number of amides is 2. The van der Waals surface area contributed by atoms with Crippen molar-refractivity contribution in [1.29, 1.82) is 0 Å². The highest BCUT2D eigenvalue weighted by atomic mass is 79.9. The standard InChI is InChI=1S/C15H12Br2N4O3/c16-11-5-10(14(23)12(17)6-11)7-20-21-13(22)8-19-15(24)9-1-3-18-4-2-9/h1-7,23H,8H2,(H,19,24)(H,21,22). The first-order valence-electron chi connectivity index (χ1n) is 6.65. The van der Waals surface area contributed by atoms with Crippen molar-refractivity contribution in [3.05, 3.63) is 56.7 Å². The highest BCUT2D eigenvalue weighted by Crippen LogP contribution is 2.30.